The monoisotopic (exact) mass is 415 g/mol. The summed E-state index contributed by atoms with van der Waals surface area (Å²) in [6, 6.07) is 6.66. The quantitative estimate of drug-likeness (QED) is 0.574. The summed E-state index contributed by atoms with van der Waals surface area (Å²) in [6.45, 7) is 1.88. The molecular weight excluding hydrogens is 394 g/mol. The number of nitrogens with zero attached hydrogens (tertiary/aromatic N) is 1. The topological polar surface area (TPSA) is 95.1 Å². The van der Waals surface area contributed by atoms with E-state index in [4.69, 9.17) is 0 Å². The van der Waals surface area contributed by atoms with Crippen LogP contribution in [0.5, 0.6) is 5.75 Å². The summed E-state index contributed by atoms with van der Waals surface area (Å²) < 4.78 is 0. The fourth-order valence-electron chi connectivity index (χ4n) is 3.52. The highest BCUT2D eigenvalue weighted by atomic mass is 32.2. The van der Waals surface area contributed by atoms with Crippen molar-refractivity contribution in [2.24, 2.45) is 0 Å². The molecule has 0 saturated carbocycles. The van der Waals surface area contributed by atoms with Crippen LogP contribution < -0.4 is 10.9 Å². The number of aromatic nitrogens is 2. The molecule has 6 nitrogen and oxygen atoms in total. The normalized spacial score (nSPS) is 14.2. The van der Waals surface area contributed by atoms with Crippen molar-refractivity contribution in [3.8, 4) is 5.75 Å². The van der Waals surface area contributed by atoms with Gasteiger partial charge in [0.25, 0.3) is 5.56 Å². The highest BCUT2D eigenvalue weighted by Gasteiger charge is 2.21. The molecule has 146 valence electrons. The Morgan fingerprint density at radius 2 is 2.29 bits per heavy atom. The molecular formula is C20H21N3O3S2. The van der Waals surface area contributed by atoms with Crippen LogP contribution in [-0.4, -0.2) is 26.7 Å². The Morgan fingerprint density at radius 3 is 3.11 bits per heavy atom. The second kappa shape index (κ2) is 7.97. The lowest BCUT2D eigenvalue weighted by Crippen LogP contribution is -2.28. The van der Waals surface area contributed by atoms with Crippen molar-refractivity contribution in [1.82, 2.24) is 15.3 Å². The van der Waals surface area contributed by atoms with Gasteiger partial charge >= 0.3 is 0 Å². The first-order valence-electron chi connectivity index (χ1n) is 9.20. The zero-order valence-electron chi connectivity index (χ0n) is 15.4. The van der Waals surface area contributed by atoms with Crippen LogP contribution in [0.4, 0.5) is 0 Å². The summed E-state index contributed by atoms with van der Waals surface area (Å²) in [6.07, 6.45) is 3.12. The zero-order chi connectivity index (χ0) is 19.7. The SMILES string of the molecule is CC(NC(=O)CSCc1nc2sc3c(c2c(=O)[nH]1)CCC3)c1cccc(O)c1. The van der Waals surface area contributed by atoms with E-state index >= 15 is 0 Å². The van der Waals surface area contributed by atoms with Gasteiger partial charge in [-0.15, -0.1) is 23.1 Å². The molecule has 0 saturated heterocycles. The minimum atomic E-state index is -0.192. The van der Waals surface area contributed by atoms with E-state index in [9.17, 15) is 14.7 Å². The van der Waals surface area contributed by atoms with Crippen LogP contribution in [0.2, 0.25) is 0 Å². The molecule has 4 rings (SSSR count). The van der Waals surface area contributed by atoms with Gasteiger partial charge in [-0.05, 0) is 49.4 Å². The molecule has 28 heavy (non-hydrogen) atoms. The van der Waals surface area contributed by atoms with Crippen LogP contribution in [0.1, 0.15) is 41.2 Å². The maximum atomic E-state index is 12.4. The number of hydrogen-bond acceptors (Lipinski definition) is 6. The number of aryl methyl sites for hydroxylation is 2. The molecule has 1 amide bonds. The Bertz CT molecular complexity index is 1090. The third-order valence-electron chi connectivity index (χ3n) is 4.84. The second-order valence-electron chi connectivity index (χ2n) is 6.93. The molecule has 0 fully saturated rings. The van der Waals surface area contributed by atoms with E-state index in [-0.39, 0.29) is 29.0 Å². The fraction of sp³-hybridized carbons (Fsp3) is 0.350. The first-order chi connectivity index (χ1) is 13.5. The van der Waals surface area contributed by atoms with Crippen LogP contribution in [0.3, 0.4) is 0 Å². The number of benzene rings is 1. The molecule has 1 aromatic carbocycles. The van der Waals surface area contributed by atoms with E-state index in [2.05, 4.69) is 15.3 Å². The lowest BCUT2D eigenvalue weighted by molar-refractivity contribution is -0.119. The van der Waals surface area contributed by atoms with Crippen molar-refractivity contribution >= 4 is 39.2 Å². The molecule has 0 bridgehead atoms. The molecule has 1 unspecified atom stereocenters. The zero-order valence-corrected chi connectivity index (χ0v) is 17.1. The number of carbonyl (C=O) groups is 1. The summed E-state index contributed by atoms with van der Waals surface area (Å²) >= 11 is 3.03. The number of H-pyrrole nitrogens is 1. The number of thiophene rings is 1. The molecule has 0 spiro atoms. The number of hydrogen-bond donors (Lipinski definition) is 3. The summed E-state index contributed by atoms with van der Waals surface area (Å²) in [7, 11) is 0. The summed E-state index contributed by atoms with van der Waals surface area (Å²) in [5, 5.41) is 13.2. The average Bonchev–Trinajstić information content (AvgIpc) is 3.22. The van der Waals surface area contributed by atoms with Gasteiger partial charge in [0.15, 0.2) is 0 Å². The Morgan fingerprint density at radius 1 is 1.43 bits per heavy atom. The third kappa shape index (κ3) is 3.93. The molecule has 3 aromatic rings. The van der Waals surface area contributed by atoms with E-state index in [1.54, 1.807) is 29.5 Å². The molecule has 0 aliphatic heterocycles. The molecule has 3 N–H and O–H groups in total. The highest BCUT2D eigenvalue weighted by Crippen LogP contribution is 2.34. The highest BCUT2D eigenvalue weighted by molar-refractivity contribution is 7.99. The van der Waals surface area contributed by atoms with Gasteiger partial charge < -0.3 is 15.4 Å². The Labute approximate surface area is 170 Å². The molecule has 1 atom stereocenters. The standard InChI is InChI=1S/C20H21N3O3S2/c1-11(12-4-2-5-13(24)8-12)21-17(25)10-27-9-16-22-19(26)18-14-6-3-7-15(14)28-20(18)23-16/h2,4-5,8,11,24H,3,6-7,9-10H2,1H3,(H,21,25)(H,22,23,26). The lowest BCUT2D eigenvalue weighted by Gasteiger charge is -2.14. The third-order valence-corrected chi connectivity index (χ3v) is 6.97. The molecule has 0 radical (unpaired) electrons. The van der Waals surface area contributed by atoms with Crippen LogP contribution in [0, 0.1) is 0 Å². The summed E-state index contributed by atoms with van der Waals surface area (Å²) in [4.78, 5) is 34.2. The van der Waals surface area contributed by atoms with Gasteiger partial charge in [-0.2, -0.15) is 0 Å². The van der Waals surface area contributed by atoms with Crippen molar-refractivity contribution in [2.45, 2.75) is 38.0 Å². The van der Waals surface area contributed by atoms with Crippen LogP contribution in [-0.2, 0) is 23.4 Å². The van der Waals surface area contributed by atoms with Crippen molar-refractivity contribution in [2.75, 3.05) is 5.75 Å². The van der Waals surface area contributed by atoms with Gasteiger partial charge in [0.05, 0.1) is 22.9 Å². The van der Waals surface area contributed by atoms with Crippen LogP contribution in [0.15, 0.2) is 29.1 Å². The number of rotatable bonds is 6. The van der Waals surface area contributed by atoms with Gasteiger partial charge in [0, 0.05) is 4.88 Å². The predicted octanol–water partition coefficient (Wildman–Crippen LogP) is 3.29. The molecule has 1 aliphatic carbocycles. The van der Waals surface area contributed by atoms with Crippen LogP contribution >= 0.6 is 23.1 Å². The first kappa shape index (κ1) is 19.0. The number of phenols is 1. The molecule has 1 aliphatic rings. The van der Waals surface area contributed by atoms with E-state index in [1.807, 2.05) is 13.0 Å². The number of aromatic amines is 1. The largest absolute Gasteiger partial charge is 0.508 e. The van der Waals surface area contributed by atoms with Gasteiger partial charge in [-0.25, -0.2) is 4.98 Å². The predicted molar refractivity (Wildman–Crippen MR) is 113 cm³/mol. The first-order valence-corrected chi connectivity index (χ1v) is 11.2. The van der Waals surface area contributed by atoms with E-state index < -0.39 is 0 Å². The lowest BCUT2D eigenvalue weighted by atomic mass is 10.1. The summed E-state index contributed by atoms with van der Waals surface area (Å²) in [5.41, 5.74) is 1.95. The number of fused-ring (bicyclic) bond motifs is 3. The van der Waals surface area contributed by atoms with Crippen LogP contribution in [0.25, 0.3) is 10.2 Å². The van der Waals surface area contributed by atoms with E-state index in [1.165, 1.54) is 22.2 Å². The van der Waals surface area contributed by atoms with Crippen molar-refractivity contribution < 1.29 is 9.90 Å². The van der Waals surface area contributed by atoms with Gasteiger partial charge in [-0.1, -0.05) is 12.1 Å². The number of amides is 1. The number of carbonyl (C=O) groups excluding carboxylic acids is 1. The van der Waals surface area contributed by atoms with E-state index in [0.29, 0.717) is 11.6 Å². The second-order valence-corrected chi connectivity index (χ2v) is 9.00. The Balaban J connectivity index is 1.35. The van der Waals surface area contributed by atoms with Gasteiger partial charge in [-0.3, -0.25) is 9.59 Å². The maximum Gasteiger partial charge on any atom is 0.259 e. The van der Waals surface area contributed by atoms with Crippen molar-refractivity contribution in [3.05, 3.63) is 56.4 Å². The maximum absolute atomic E-state index is 12.4. The van der Waals surface area contributed by atoms with Crippen molar-refractivity contribution in [3.63, 3.8) is 0 Å². The molecule has 2 aromatic heterocycles. The van der Waals surface area contributed by atoms with Gasteiger partial charge in [0.1, 0.15) is 16.4 Å². The molecule has 2 heterocycles. The number of phenolic OH excluding ortho intramolecular Hbond substituents is 1. The minimum Gasteiger partial charge on any atom is -0.508 e. The fourth-order valence-corrected chi connectivity index (χ4v) is 5.50. The van der Waals surface area contributed by atoms with Crippen molar-refractivity contribution in [1.29, 1.82) is 0 Å². The number of thioether (sulfide) groups is 1. The minimum absolute atomic E-state index is 0.0676. The number of aromatic hydroxyl groups is 1. The smallest absolute Gasteiger partial charge is 0.259 e. The Hall–Kier alpha value is -2.32. The van der Waals surface area contributed by atoms with E-state index in [0.717, 1.165) is 35.0 Å². The number of nitrogens with one attached hydrogen (secondary N) is 2. The molecule has 8 heteroatoms. The Kier molecular flexibility index (Phi) is 5.41. The summed E-state index contributed by atoms with van der Waals surface area (Å²) in [5.74, 6) is 1.43. The van der Waals surface area contributed by atoms with Gasteiger partial charge in [0.2, 0.25) is 5.91 Å². The average molecular weight is 416 g/mol.